The third-order valence-corrected chi connectivity index (χ3v) is 4.35. The Bertz CT molecular complexity index is 694. The molecule has 2 aromatic carbocycles. The van der Waals surface area contributed by atoms with E-state index < -0.39 is 5.41 Å². The van der Waals surface area contributed by atoms with E-state index in [4.69, 9.17) is 5.73 Å². The molecule has 0 aromatic heterocycles. The normalized spacial score (nSPS) is 15.5. The number of nitrogens with one attached hydrogen (secondary N) is 1. The Balaban J connectivity index is 1.85. The molecular weight excluding hydrogens is 332 g/mol. The molecule has 0 unspecified atom stereocenters. The fraction of sp³-hybridized carbons (Fsp3) is 0.188. The summed E-state index contributed by atoms with van der Waals surface area (Å²) >= 11 is 3.33. The zero-order chi connectivity index (χ0) is 15.0. The van der Waals surface area contributed by atoms with Crippen LogP contribution in [0.2, 0.25) is 0 Å². The van der Waals surface area contributed by atoms with Gasteiger partial charge in [-0.05, 0) is 48.7 Å². The summed E-state index contributed by atoms with van der Waals surface area (Å²) in [7, 11) is 0. The van der Waals surface area contributed by atoms with Crippen LogP contribution in [0.4, 0.5) is 11.4 Å². The minimum Gasteiger partial charge on any atom is -0.506 e. The smallest absolute Gasteiger partial charge is 0.235 e. The van der Waals surface area contributed by atoms with Gasteiger partial charge in [-0.3, -0.25) is 4.79 Å². The average molecular weight is 347 g/mol. The van der Waals surface area contributed by atoms with Crippen LogP contribution in [0, 0.1) is 0 Å². The molecule has 4 nitrogen and oxygen atoms in total. The monoisotopic (exact) mass is 346 g/mol. The number of anilines is 2. The van der Waals surface area contributed by atoms with E-state index in [1.807, 2.05) is 12.1 Å². The largest absolute Gasteiger partial charge is 0.506 e. The maximum absolute atomic E-state index is 12.6. The van der Waals surface area contributed by atoms with E-state index in [9.17, 15) is 9.90 Å². The first kappa shape index (κ1) is 13.9. The number of benzene rings is 2. The van der Waals surface area contributed by atoms with Gasteiger partial charge < -0.3 is 16.2 Å². The Morgan fingerprint density at radius 3 is 2.48 bits per heavy atom. The van der Waals surface area contributed by atoms with E-state index in [1.165, 1.54) is 0 Å². The zero-order valence-electron chi connectivity index (χ0n) is 11.3. The predicted octanol–water partition coefficient (Wildman–Crippen LogP) is 3.41. The number of aromatic hydroxyl groups is 1. The SMILES string of the molecule is Nc1ccc(C2(C(=O)Nc3cc(Br)ccc3O)CC2)cc1. The number of halogens is 1. The quantitative estimate of drug-likeness (QED) is 0.588. The first-order valence-corrected chi connectivity index (χ1v) is 7.46. The number of nitrogen functional groups attached to an aromatic ring is 1. The van der Waals surface area contributed by atoms with Crippen molar-refractivity contribution in [3.63, 3.8) is 0 Å². The van der Waals surface area contributed by atoms with Crippen molar-refractivity contribution in [1.82, 2.24) is 0 Å². The van der Waals surface area contributed by atoms with Gasteiger partial charge in [-0.2, -0.15) is 0 Å². The van der Waals surface area contributed by atoms with E-state index in [-0.39, 0.29) is 11.7 Å². The van der Waals surface area contributed by atoms with Crippen LogP contribution in [0.3, 0.4) is 0 Å². The lowest BCUT2D eigenvalue weighted by Gasteiger charge is -2.16. The number of nitrogens with two attached hydrogens (primary N) is 1. The van der Waals surface area contributed by atoms with E-state index in [1.54, 1.807) is 30.3 Å². The molecule has 1 saturated carbocycles. The van der Waals surface area contributed by atoms with E-state index in [0.29, 0.717) is 11.4 Å². The van der Waals surface area contributed by atoms with Crippen LogP contribution in [0.5, 0.6) is 5.75 Å². The lowest BCUT2D eigenvalue weighted by Crippen LogP contribution is -2.27. The lowest BCUT2D eigenvalue weighted by atomic mass is 9.94. The Kier molecular flexibility index (Phi) is 3.37. The number of phenols is 1. The Hall–Kier alpha value is -2.01. The van der Waals surface area contributed by atoms with Gasteiger partial charge in [0.1, 0.15) is 5.75 Å². The molecule has 0 saturated heterocycles. The molecule has 1 aliphatic rings. The molecule has 0 bridgehead atoms. The van der Waals surface area contributed by atoms with Gasteiger partial charge in [0.15, 0.2) is 0 Å². The topological polar surface area (TPSA) is 75.4 Å². The van der Waals surface area contributed by atoms with Crippen molar-refractivity contribution in [2.24, 2.45) is 0 Å². The van der Waals surface area contributed by atoms with Crippen LogP contribution in [-0.4, -0.2) is 11.0 Å². The van der Waals surface area contributed by atoms with Crippen LogP contribution >= 0.6 is 15.9 Å². The summed E-state index contributed by atoms with van der Waals surface area (Å²) in [5, 5.41) is 12.6. The maximum Gasteiger partial charge on any atom is 0.235 e. The number of hydrogen-bond donors (Lipinski definition) is 3. The highest BCUT2D eigenvalue weighted by atomic mass is 79.9. The summed E-state index contributed by atoms with van der Waals surface area (Å²) in [5.41, 5.74) is 7.25. The van der Waals surface area contributed by atoms with Gasteiger partial charge >= 0.3 is 0 Å². The molecule has 1 aliphatic carbocycles. The fourth-order valence-electron chi connectivity index (χ4n) is 2.42. The van der Waals surface area contributed by atoms with Gasteiger partial charge in [0.05, 0.1) is 11.1 Å². The minimum absolute atomic E-state index is 0.0552. The molecule has 0 radical (unpaired) electrons. The molecule has 0 heterocycles. The third kappa shape index (κ3) is 2.61. The van der Waals surface area contributed by atoms with Crippen molar-refractivity contribution in [3.8, 4) is 5.75 Å². The second-order valence-corrected chi connectivity index (χ2v) is 6.24. The van der Waals surface area contributed by atoms with Crippen molar-refractivity contribution < 1.29 is 9.90 Å². The zero-order valence-corrected chi connectivity index (χ0v) is 12.9. The van der Waals surface area contributed by atoms with Crippen LogP contribution in [0.15, 0.2) is 46.9 Å². The van der Waals surface area contributed by atoms with E-state index >= 15 is 0 Å². The molecule has 4 N–H and O–H groups in total. The highest BCUT2D eigenvalue weighted by Gasteiger charge is 2.51. The lowest BCUT2D eigenvalue weighted by molar-refractivity contribution is -0.118. The molecule has 0 aliphatic heterocycles. The van der Waals surface area contributed by atoms with Crippen LogP contribution in [-0.2, 0) is 10.2 Å². The maximum atomic E-state index is 12.6. The average Bonchev–Trinajstić information content (AvgIpc) is 3.25. The molecule has 21 heavy (non-hydrogen) atoms. The Morgan fingerprint density at radius 1 is 1.19 bits per heavy atom. The first-order chi connectivity index (χ1) is 10.0. The number of hydrogen-bond acceptors (Lipinski definition) is 3. The van der Waals surface area contributed by atoms with Crippen LogP contribution in [0.1, 0.15) is 18.4 Å². The standard InChI is InChI=1S/C16H15BrN2O2/c17-11-3-6-14(20)13(9-11)19-15(21)16(7-8-16)10-1-4-12(18)5-2-10/h1-6,9,20H,7-8,18H2,(H,19,21). The second-order valence-electron chi connectivity index (χ2n) is 5.32. The fourth-order valence-corrected chi connectivity index (χ4v) is 2.79. The highest BCUT2D eigenvalue weighted by Crippen LogP contribution is 2.49. The van der Waals surface area contributed by atoms with Gasteiger partial charge in [0, 0.05) is 10.2 Å². The molecule has 0 spiro atoms. The first-order valence-electron chi connectivity index (χ1n) is 6.67. The summed E-state index contributed by atoms with van der Waals surface area (Å²) in [6.07, 6.45) is 1.61. The minimum atomic E-state index is -0.498. The molecule has 0 atom stereocenters. The predicted molar refractivity (Wildman–Crippen MR) is 86.2 cm³/mol. The van der Waals surface area contributed by atoms with Crippen molar-refractivity contribution in [2.45, 2.75) is 18.3 Å². The summed E-state index contributed by atoms with van der Waals surface area (Å²) in [6, 6.07) is 12.3. The molecule has 5 heteroatoms. The van der Waals surface area contributed by atoms with Crippen molar-refractivity contribution >= 4 is 33.2 Å². The summed E-state index contributed by atoms with van der Waals surface area (Å²) in [6.45, 7) is 0. The number of amides is 1. The van der Waals surface area contributed by atoms with E-state index in [2.05, 4.69) is 21.2 Å². The van der Waals surface area contributed by atoms with Crippen LogP contribution < -0.4 is 11.1 Å². The van der Waals surface area contributed by atoms with Gasteiger partial charge in [0.2, 0.25) is 5.91 Å². The van der Waals surface area contributed by atoms with Crippen molar-refractivity contribution in [1.29, 1.82) is 0 Å². The number of phenolic OH excluding ortho intramolecular Hbond substituents is 1. The highest BCUT2D eigenvalue weighted by molar-refractivity contribution is 9.10. The van der Waals surface area contributed by atoms with Gasteiger partial charge in [-0.1, -0.05) is 28.1 Å². The van der Waals surface area contributed by atoms with Crippen LogP contribution in [0.25, 0.3) is 0 Å². The van der Waals surface area contributed by atoms with Gasteiger partial charge in [-0.15, -0.1) is 0 Å². The van der Waals surface area contributed by atoms with Gasteiger partial charge in [0.25, 0.3) is 0 Å². The van der Waals surface area contributed by atoms with Crippen molar-refractivity contribution in [2.75, 3.05) is 11.1 Å². The molecule has 1 amide bonds. The summed E-state index contributed by atoms with van der Waals surface area (Å²) in [5.74, 6) is -0.0414. The second kappa shape index (κ2) is 5.07. The third-order valence-electron chi connectivity index (χ3n) is 3.85. The molecule has 1 fully saturated rings. The molecular formula is C16H15BrN2O2. The number of carbonyl (C=O) groups excluding carboxylic acids is 1. The van der Waals surface area contributed by atoms with E-state index in [0.717, 1.165) is 22.9 Å². The summed E-state index contributed by atoms with van der Waals surface area (Å²) < 4.78 is 0.799. The van der Waals surface area contributed by atoms with Gasteiger partial charge in [-0.25, -0.2) is 0 Å². The Morgan fingerprint density at radius 2 is 1.86 bits per heavy atom. The number of rotatable bonds is 3. The summed E-state index contributed by atoms with van der Waals surface area (Å²) in [4.78, 5) is 12.6. The molecule has 108 valence electrons. The van der Waals surface area contributed by atoms with Crippen molar-refractivity contribution in [3.05, 3.63) is 52.5 Å². The molecule has 3 rings (SSSR count). The Labute approximate surface area is 131 Å². The number of carbonyl (C=O) groups is 1. The molecule has 2 aromatic rings.